The highest BCUT2D eigenvalue weighted by atomic mass is 16.7. The number of morpholine rings is 1. The molecule has 10 heteroatoms. The van der Waals surface area contributed by atoms with Gasteiger partial charge in [-0.05, 0) is 54.8 Å². The summed E-state index contributed by atoms with van der Waals surface area (Å²) in [7, 11) is 0. The Hall–Kier alpha value is -3.31. The van der Waals surface area contributed by atoms with Gasteiger partial charge in [-0.15, -0.1) is 0 Å². The molecule has 4 heterocycles. The molecule has 0 bridgehead atoms. The minimum Gasteiger partial charge on any atom is -0.494 e. The predicted molar refractivity (Wildman–Crippen MR) is 143 cm³/mol. The van der Waals surface area contributed by atoms with Crippen molar-refractivity contribution in [2.45, 2.75) is 31.5 Å². The van der Waals surface area contributed by atoms with Gasteiger partial charge in [0.05, 0.1) is 44.9 Å². The number of anilines is 4. The topological polar surface area (TPSA) is 103 Å². The molecule has 1 spiro atoms. The highest BCUT2D eigenvalue weighted by molar-refractivity contribution is 5.60. The number of hydrogen-bond donors (Lipinski definition) is 2. The summed E-state index contributed by atoms with van der Waals surface area (Å²) < 4.78 is 23.1. The Kier molecular flexibility index (Phi) is 7.64. The van der Waals surface area contributed by atoms with Gasteiger partial charge in [0.1, 0.15) is 11.6 Å². The van der Waals surface area contributed by atoms with Crippen molar-refractivity contribution in [3.63, 3.8) is 0 Å². The lowest BCUT2D eigenvalue weighted by molar-refractivity contribution is -0.164. The van der Waals surface area contributed by atoms with E-state index in [1.165, 1.54) is 0 Å². The number of hydrogen-bond acceptors (Lipinski definition) is 10. The molecular formula is C28H34N6O4. The second kappa shape index (κ2) is 11.6. The fourth-order valence-corrected chi connectivity index (χ4v) is 5.12. The summed E-state index contributed by atoms with van der Waals surface area (Å²) in [6, 6.07) is 11.8. The maximum absolute atomic E-state index is 5.91. The Morgan fingerprint density at radius 2 is 1.79 bits per heavy atom. The smallest absolute Gasteiger partial charge is 0.229 e. The van der Waals surface area contributed by atoms with Gasteiger partial charge in [0, 0.05) is 50.1 Å². The van der Waals surface area contributed by atoms with Crippen LogP contribution in [0.3, 0.4) is 0 Å². The molecule has 0 atom stereocenters. The largest absolute Gasteiger partial charge is 0.494 e. The van der Waals surface area contributed by atoms with E-state index in [0.29, 0.717) is 31.6 Å². The molecule has 2 N–H and O–H groups in total. The first-order chi connectivity index (χ1) is 18.7. The fraction of sp³-hybridized carbons (Fsp3) is 0.464. The van der Waals surface area contributed by atoms with E-state index in [-0.39, 0.29) is 0 Å². The van der Waals surface area contributed by atoms with Crippen LogP contribution in [0, 0.1) is 0 Å². The van der Waals surface area contributed by atoms with Gasteiger partial charge < -0.3 is 29.6 Å². The molecule has 2 saturated heterocycles. The van der Waals surface area contributed by atoms with Gasteiger partial charge in [0.2, 0.25) is 5.95 Å². The first kappa shape index (κ1) is 25.0. The predicted octanol–water partition coefficient (Wildman–Crippen LogP) is 3.69. The molecule has 2 aliphatic heterocycles. The van der Waals surface area contributed by atoms with E-state index in [0.717, 1.165) is 86.9 Å². The van der Waals surface area contributed by atoms with Crippen LogP contribution in [-0.4, -0.2) is 78.3 Å². The van der Waals surface area contributed by atoms with Crippen LogP contribution >= 0.6 is 0 Å². The first-order valence-electron chi connectivity index (χ1n) is 13.4. The van der Waals surface area contributed by atoms with Crippen molar-refractivity contribution in [2.75, 3.05) is 63.3 Å². The number of benzene rings is 1. The lowest BCUT2D eigenvalue weighted by Crippen LogP contribution is -2.37. The van der Waals surface area contributed by atoms with E-state index >= 15 is 0 Å². The van der Waals surface area contributed by atoms with E-state index in [9.17, 15) is 0 Å². The highest BCUT2D eigenvalue weighted by Crippen LogP contribution is 2.35. The Morgan fingerprint density at radius 1 is 0.947 bits per heavy atom. The monoisotopic (exact) mass is 518 g/mol. The first-order valence-corrected chi connectivity index (χ1v) is 13.4. The van der Waals surface area contributed by atoms with Crippen molar-refractivity contribution in [1.29, 1.82) is 0 Å². The van der Waals surface area contributed by atoms with E-state index < -0.39 is 5.79 Å². The summed E-state index contributed by atoms with van der Waals surface area (Å²) in [5, 5.41) is 6.62. The van der Waals surface area contributed by atoms with E-state index in [4.69, 9.17) is 18.9 Å². The molecule has 0 radical (unpaired) electrons. The fourth-order valence-electron chi connectivity index (χ4n) is 5.12. The zero-order valence-electron chi connectivity index (χ0n) is 21.5. The van der Waals surface area contributed by atoms with Crippen LogP contribution in [0.1, 0.15) is 24.1 Å². The van der Waals surface area contributed by atoms with Gasteiger partial charge in [-0.1, -0.05) is 0 Å². The molecule has 3 aromatic rings. The summed E-state index contributed by atoms with van der Waals surface area (Å²) in [5.74, 6) is 1.56. The Bertz CT molecular complexity index is 1210. The minimum atomic E-state index is -0.483. The van der Waals surface area contributed by atoms with Crippen LogP contribution in [0.2, 0.25) is 0 Å². The summed E-state index contributed by atoms with van der Waals surface area (Å²) in [5.41, 5.74) is 4.02. The number of rotatable bonds is 9. The quantitative estimate of drug-likeness (QED) is 0.408. The molecular weight excluding hydrogens is 484 g/mol. The van der Waals surface area contributed by atoms with Crippen LogP contribution in [0.5, 0.6) is 5.75 Å². The lowest BCUT2D eigenvalue weighted by Gasteiger charge is -2.32. The third-order valence-corrected chi connectivity index (χ3v) is 7.11. The number of nitrogens with one attached hydrogen (secondary N) is 2. The molecule has 0 unspecified atom stereocenters. The number of fused-ring (bicyclic) bond motifs is 1. The van der Waals surface area contributed by atoms with Gasteiger partial charge in [-0.3, -0.25) is 9.88 Å². The SMILES string of the molecule is c1cc(Nc2cnc3c(c2)CC2(CC3)OCCO2)nc(Nc2ccc(OCCCN3CCOCC3)cc2)n1. The average Bonchev–Trinajstić information content (AvgIpc) is 3.40. The molecule has 1 aromatic carbocycles. The third kappa shape index (κ3) is 6.21. The van der Waals surface area contributed by atoms with Crippen LogP contribution in [-0.2, 0) is 27.1 Å². The summed E-state index contributed by atoms with van der Waals surface area (Å²) in [4.78, 5) is 16.1. The summed E-state index contributed by atoms with van der Waals surface area (Å²) in [6.45, 7) is 6.72. The third-order valence-electron chi connectivity index (χ3n) is 7.11. The lowest BCUT2D eigenvalue weighted by atomic mass is 9.90. The molecule has 10 nitrogen and oxygen atoms in total. The van der Waals surface area contributed by atoms with Crippen LogP contribution in [0.4, 0.5) is 23.1 Å². The van der Waals surface area contributed by atoms with E-state index in [1.807, 2.05) is 36.5 Å². The second-order valence-corrected chi connectivity index (χ2v) is 9.81. The minimum absolute atomic E-state index is 0.483. The maximum Gasteiger partial charge on any atom is 0.229 e. The zero-order valence-corrected chi connectivity index (χ0v) is 21.5. The Morgan fingerprint density at radius 3 is 2.63 bits per heavy atom. The van der Waals surface area contributed by atoms with Gasteiger partial charge in [0.25, 0.3) is 0 Å². The second-order valence-electron chi connectivity index (χ2n) is 9.81. The normalized spacial score (nSPS) is 18.7. The molecule has 3 aliphatic rings. The average molecular weight is 519 g/mol. The van der Waals surface area contributed by atoms with Crippen LogP contribution < -0.4 is 15.4 Å². The van der Waals surface area contributed by atoms with Crippen molar-refractivity contribution in [2.24, 2.45) is 0 Å². The number of ether oxygens (including phenoxy) is 4. The molecule has 200 valence electrons. The summed E-state index contributed by atoms with van der Waals surface area (Å²) in [6.07, 6.45) is 7.00. The number of pyridine rings is 1. The standard InChI is InChI=1S/C28H34N6O4/c1(10-34-11-14-35-15-12-34)13-36-24-4-2-22(3-5-24)32-27-29-9-7-26(33-27)31-23-18-21-19-28(37-16-17-38-28)8-6-25(21)30-20-23/h2-5,7,9,18,20H,1,6,8,10-17,19H2,(H2,29,31,32,33). The van der Waals surface area contributed by atoms with E-state index in [2.05, 4.69) is 36.6 Å². The van der Waals surface area contributed by atoms with Gasteiger partial charge in [0.15, 0.2) is 5.79 Å². The van der Waals surface area contributed by atoms with Crippen LogP contribution in [0.25, 0.3) is 0 Å². The Balaban J connectivity index is 1.02. The molecule has 0 saturated carbocycles. The van der Waals surface area contributed by atoms with Crippen molar-refractivity contribution in [3.05, 3.63) is 60.0 Å². The van der Waals surface area contributed by atoms with Crippen molar-refractivity contribution < 1.29 is 18.9 Å². The summed E-state index contributed by atoms with van der Waals surface area (Å²) >= 11 is 0. The van der Waals surface area contributed by atoms with Gasteiger partial charge in [-0.25, -0.2) is 4.98 Å². The molecule has 38 heavy (non-hydrogen) atoms. The highest BCUT2D eigenvalue weighted by Gasteiger charge is 2.40. The zero-order chi connectivity index (χ0) is 25.6. The molecule has 0 amide bonds. The molecule has 2 fully saturated rings. The molecule has 6 rings (SSSR count). The number of nitrogens with zero attached hydrogens (tertiary/aromatic N) is 4. The molecule has 2 aromatic heterocycles. The van der Waals surface area contributed by atoms with Crippen molar-refractivity contribution in [3.8, 4) is 5.75 Å². The van der Waals surface area contributed by atoms with Crippen molar-refractivity contribution >= 4 is 23.1 Å². The van der Waals surface area contributed by atoms with Crippen LogP contribution in [0.15, 0.2) is 48.8 Å². The van der Waals surface area contributed by atoms with Crippen molar-refractivity contribution in [1.82, 2.24) is 19.9 Å². The Labute approximate surface area is 222 Å². The van der Waals surface area contributed by atoms with Gasteiger partial charge >= 0.3 is 0 Å². The molecule has 1 aliphatic carbocycles. The van der Waals surface area contributed by atoms with E-state index in [1.54, 1.807) is 6.20 Å². The maximum atomic E-state index is 5.91. The number of aryl methyl sites for hydroxylation is 1. The van der Waals surface area contributed by atoms with Gasteiger partial charge in [-0.2, -0.15) is 4.98 Å². The number of aromatic nitrogens is 3.